The van der Waals surface area contributed by atoms with Crippen LogP contribution in [0.25, 0.3) is 0 Å². The normalized spacial score (nSPS) is 46.0. The molecule has 106 valence electrons. The Labute approximate surface area is 112 Å². The Bertz CT molecular complexity index is 280. The van der Waals surface area contributed by atoms with E-state index in [-0.39, 0.29) is 5.41 Å². The minimum absolute atomic E-state index is 0.00572. The van der Waals surface area contributed by atoms with E-state index in [1.807, 2.05) is 0 Å². The maximum absolute atomic E-state index is 11.3. The average Bonchev–Trinajstić information content (AvgIpc) is 2.42. The molecular weight excluding hydrogens is 222 g/mol. The van der Waals surface area contributed by atoms with Crippen LogP contribution in [0.1, 0.15) is 71.6 Å². The van der Waals surface area contributed by atoms with Gasteiger partial charge in [-0.15, -0.1) is 0 Å². The van der Waals surface area contributed by atoms with Crippen LogP contribution in [-0.4, -0.2) is 17.3 Å². The molecule has 0 spiro atoms. The quantitative estimate of drug-likeness (QED) is 0.809. The molecule has 2 nitrogen and oxygen atoms in total. The lowest BCUT2D eigenvalue weighted by Gasteiger charge is -2.55. The lowest BCUT2D eigenvalue weighted by atomic mass is 9.54. The van der Waals surface area contributed by atoms with E-state index in [0.29, 0.717) is 12.5 Å². The monoisotopic (exact) mass is 253 g/mol. The van der Waals surface area contributed by atoms with E-state index >= 15 is 0 Å². The van der Waals surface area contributed by atoms with Gasteiger partial charge in [0.05, 0.1) is 5.60 Å². The highest BCUT2D eigenvalue weighted by Crippen LogP contribution is 2.54. The molecule has 4 unspecified atom stereocenters. The largest absolute Gasteiger partial charge is 0.389 e. The highest BCUT2D eigenvalue weighted by atomic mass is 16.3. The standard InChI is InChI=1S/C16H31NO/c1-3-14-8-6-9-15(11-14,12-17)16(18)10-5-4-7-13(16)2/h13-14,18H,3-12,17H2,1-2H3. The van der Waals surface area contributed by atoms with Gasteiger partial charge in [-0.3, -0.25) is 0 Å². The first-order valence-corrected chi connectivity index (χ1v) is 8.00. The van der Waals surface area contributed by atoms with Gasteiger partial charge >= 0.3 is 0 Å². The van der Waals surface area contributed by atoms with E-state index in [1.165, 1.54) is 38.5 Å². The van der Waals surface area contributed by atoms with Gasteiger partial charge in [-0.05, 0) is 37.5 Å². The zero-order chi connectivity index (χ0) is 13.2. The predicted octanol–water partition coefficient (Wildman–Crippen LogP) is 3.47. The van der Waals surface area contributed by atoms with Crippen molar-refractivity contribution in [3.8, 4) is 0 Å². The van der Waals surface area contributed by atoms with E-state index in [4.69, 9.17) is 5.73 Å². The van der Waals surface area contributed by atoms with Crippen LogP contribution in [0.4, 0.5) is 0 Å². The van der Waals surface area contributed by atoms with Gasteiger partial charge < -0.3 is 10.8 Å². The third kappa shape index (κ3) is 2.22. The first-order valence-electron chi connectivity index (χ1n) is 8.00. The van der Waals surface area contributed by atoms with Crippen molar-refractivity contribution in [2.24, 2.45) is 23.0 Å². The second-order valence-electron chi connectivity index (χ2n) is 6.93. The van der Waals surface area contributed by atoms with E-state index in [1.54, 1.807) is 0 Å². The minimum Gasteiger partial charge on any atom is -0.389 e. The van der Waals surface area contributed by atoms with Crippen molar-refractivity contribution in [1.82, 2.24) is 0 Å². The second kappa shape index (κ2) is 5.50. The molecule has 0 aromatic rings. The molecule has 2 rings (SSSR count). The molecule has 0 aromatic heterocycles. The summed E-state index contributed by atoms with van der Waals surface area (Å²) in [5.41, 5.74) is 5.69. The van der Waals surface area contributed by atoms with E-state index in [9.17, 15) is 5.11 Å². The molecule has 4 atom stereocenters. The van der Waals surface area contributed by atoms with Gasteiger partial charge in [0.1, 0.15) is 0 Å². The summed E-state index contributed by atoms with van der Waals surface area (Å²) in [5.74, 6) is 1.20. The summed E-state index contributed by atoms with van der Waals surface area (Å²) in [7, 11) is 0. The fraction of sp³-hybridized carbons (Fsp3) is 1.00. The third-order valence-electron chi connectivity index (χ3n) is 6.09. The first-order chi connectivity index (χ1) is 8.58. The first kappa shape index (κ1) is 14.3. The summed E-state index contributed by atoms with van der Waals surface area (Å²) >= 11 is 0. The molecule has 2 fully saturated rings. The molecule has 0 bridgehead atoms. The summed E-state index contributed by atoms with van der Waals surface area (Å²) in [5, 5.41) is 11.3. The molecule has 3 N–H and O–H groups in total. The van der Waals surface area contributed by atoms with Crippen LogP contribution in [0.5, 0.6) is 0 Å². The van der Waals surface area contributed by atoms with Gasteiger partial charge in [0.25, 0.3) is 0 Å². The summed E-state index contributed by atoms with van der Waals surface area (Å²) in [6, 6.07) is 0. The van der Waals surface area contributed by atoms with Crippen LogP contribution in [0.2, 0.25) is 0 Å². The molecule has 0 saturated heterocycles. The molecule has 2 saturated carbocycles. The molecule has 2 aliphatic carbocycles. The van der Waals surface area contributed by atoms with Crippen LogP contribution in [-0.2, 0) is 0 Å². The lowest BCUT2D eigenvalue weighted by molar-refractivity contribution is -0.160. The number of nitrogens with two attached hydrogens (primary N) is 1. The van der Waals surface area contributed by atoms with Crippen molar-refractivity contribution in [2.45, 2.75) is 77.2 Å². The molecular formula is C16H31NO. The van der Waals surface area contributed by atoms with Crippen LogP contribution in [0, 0.1) is 17.3 Å². The van der Waals surface area contributed by atoms with Gasteiger partial charge in [-0.1, -0.05) is 46.0 Å². The van der Waals surface area contributed by atoms with Crippen molar-refractivity contribution in [3.05, 3.63) is 0 Å². The summed E-state index contributed by atoms with van der Waals surface area (Å²) in [6.45, 7) is 5.20. The Morgan fingerprint density at radius 3 is 2.56 bits per heavy atom. The number of rotatable bonds is 3. The molecule has 0 heterocycles. The number of hydrogen-bond donors (Lipinski definition) is 2. The Balaban J connectivity index is 2.24. The molecule has 0 aliphatic heterocycles. The van der Waals surface area contributed by atoms with Gasteiger partial charge in [0.15, 0.2) is 0 Å². The second-order valence-corrected chi connectivity index (χ2v) is 6.93. The molecule has 0 amide bonds. The van der Waals surface area contributed by atoms with Crippen molar-refractivity contribution in [3.63, 3.8) is 0 Å². The number of aliphatic hydroxyl groups is 1. The Morgan fingerprint density at radius 1 is 1.17 bits per heavy atom. The van der Waals surface area contributed by atoms with Gasteiger partial charge in [-0.2, -0.15) is 0 Å². The average molecular weight is 253 g/mol. The van der Waals surface area contributed by atoms with Crippen LogP contribution in [0.3, 0.4) is 0 Å². The van der Waals surface area contributed by atoms with E-state index in [2.05, 4.69) is 13.8 Å². The smallest absolute Gasteiger partial charge is 0.0741 e. The Kier molecular flexibility index (Phi) is 4.38. The Hall–Kier alpha value is -0.0800. The zero-order valence-electron chi connectivity index (χ0n) is 12.3. The summed E-state index contributed by atoms with van der Waals surface area (Å²) < 4.78 is 0. The van der Waals surface area contributed by atoms with Gasteiger partial charge in [0.2, 0.25) is 0 Å². The van der Waals surface area contributed by atoms with Crippen LogP contribution < -0.4 is 5.73 Å². The minimum atomic E-state index is -0.492. The topological polar surface area (TPSA) is 46.2 Å². The van der Waals surface area contributed by atoms with Crippen LogP contribution >= 0.6 is 0 Å². The SMILES string of the molecule is CCC1CCCC(CN)(C2(O)CCCCC2C)C1. The van der Waals surface area contributed by atoms with E-state index < -0.39 is 5.60 Å². The summed E-state index contributed by atoms with van der Waals surface area (Å²) in [4.78, 5) is 0. The maximum atomic E-state index is 11.3. The van der Waals surface area contributed by atoms with Gasteiger partial charge in [0, 0.05) is 12.0 Å². The fourth-order valence-corrected chi connectivity index (χ4v) is 4.71. The predicted molar refractivity (Wildman–Crippen MR) is 76.3 cm³/mol. The van der Waals surface area contributed by atoms with E-state index in [0.717, 1.165) is 25.2 Å². The molecule has 0 aromatic carbocycles. The van der Waals surface area contributed by atoms with Crippen molar-refractivity contribution < 1.29 is 5.11 Å². The molecule has 0 radical (unpaired) electrons. The number of hydrogen-bond acceptors (Lipinski definition) is 2. The highest BCUT2D eigenvalue weighted by molar-refractivity contribution is 5.05. The fourth-order valence-electron chi connectivity index (χ4n) is 4.71. The van der Waals surface area contributed by atoms with Crippen molar-refractivity contribution >= 4 is 0 Å². The Morgan fingerprint density at radius 2 is 1.94 bits per heavy atom. The lowest BCUT2D eigenvalue weighted by Crippen LogP contribution is -2.59. The highest BCUT2D eigenvalue weighted by Gasteiger charge is 2.54. The van der Waals surface area contributed by atoms with Crippen LogP contribution in [0.15, 0.2) is 0 Å². The maximum Gasteiger partial charge on any atom is 0.0741 e. The molecule has 2 aliphatic rings. The van der Waals surface area contributed by atoms with Crippen molar-refractivity contribution in [2.75, 3.05) is 6.54 Å². The third-order valence-corrected chi connectivity index (χ3v) is 6.09. The van der Waals surface area contributed by atoms with Gasteiger partial charge in [-0.25, -0.2) is 0 Å². The summed E-state index contributed by atoms with van der Waals surface area (Å²) in [6.07, 6.45) is 10.7. The van der Waals surface area contributed by atoms with Crippen molar-refractivity contribution in [1.29, 1.82) is 0 Å². The molecule has 18 heavy (non-hydrogen) atoms. The molecule has 2 heteroatoms. The zero-order valence-corrected chi connectivity index (χ0v) is 12.3.